The summed E-state index contributed by atoms with van der Waals surface area (Å²) < 4.78 is 42.1. The van der Waals surface area contributed by atoms with Gasteiger partial charge in [0.1, 0.15) is 35.4 Å². The molecule has 0 saturated carbocycles. The largest absolute Gasteiger partial charge is 0.497 e. The number of aromatic amines is 1. The van der Waals surface area contributed by atoms with Crippen LogP contribution in [-0.4, -0.2) is 78.2 Å². The Morgan fingerprint density at radius 1 is 0.946 bits per heavy atom. The third kappa shape index (κ3) is 8.18. The van der Waals surface area contributed by atoms with Crippen molar-refractivity contribution in [1.29, 1.82) is 5.26 Å². The Morgan fingerprint density at radius 2 is 1.54 bits per heavy atom. The monoisotopic (exact) mass is 788 g/mol. The van der Waals surface area contributed by atoms with E-state index in [0.29, 0.717) is 17.1 Å². The Bertz CT molecular complexity index is 2010. The maximum absolute atomic E-state index is 13.4. The van der Waals surface area contributed by atoms with Crippen LogP contribution in [0.3, 0.4) is 0 Å². The lowest BCUT2D eigenvalue weighted by Gasteiger charge is -2.44. The summed E-state index contributed by atoms with van der Waals surface area (Å²) in [6.07, 6.45) is -1.47. The zero-order valence-electron chi connectivity index (χ0n) is 32.7. The number of ether oxygens (including phenoxy) is 4. The van der Waals surface area contributed by atoms with E-state index in [1.807, 2.05) is 107 Å². The highest BCUT2D eigenvalue weighted by atomic mass is 31.2. The first-order valence-corrected chi connectivity index (χ1v) is 19.6. The lowest BCUT2D eigenvalue weighted by atomic mass is 9.79. The quantitative estimate of drug-likeness (QED) is 0.0567. The molecular formula is C41H49N4O10P. The summed E-state index contributed by atoms with van der Waals surface area (Å²) in [4.78, 5) is 40.0. The maximum Gasteiger partial charge on any atom is 0.330 e. The molecule has 15 heteroatoms. The normalized spacial score (nSPS) is 21.3. The summed E-state index contributed by atoms with van der Waals surface area (Å²) >= 11 is 0. The van der Waals surface area contributed by atoms with Gasteiger partial charge < -0.3 is 28.0 Å². The first kappa shape index (κ1) is 41.2. The predicted molar refractivity (Wildman–Crippen MR) is 208 cm³/mol. The Kier molecular flexibility index (Phi) is 13.1. The molecule has 3 aromatic carbocycles. The molecule has 0 amide bonds. The highest BCUT2D eigenvalue weighted by molar-refractivity contribution is 7.44. The number of benzene rings is 3. The second-order valence-electron chi connectivity index (χ2n) is 14.2. The molecule has 2 aliphatic heterocycles. The molecule has 1 N–H and O–H groups in total. The second kappa shape index (κ2) is 17.8. The number of fused-ring (bicyclic) bond motifs is 2. The third-order valence-corrected chi connectivity index (χ3v) is 12.0. The van der Waals surface area contributed by atoms with Crippen molar-refractivity contribution in [3.63, 3.8) is 0 Å². The Balaban J connectivity index is 1.52. The lowest BCUT2D eigenvalue weighted by Crippen LogP contribution is -2.57. The van der Waals surface area contributed by atoms with E-state index in [4.69, 9.17) is 37.8 Å². The van der Waals surface area contributed by atoms with E-state index in [-0.39, 0.29) is 38.3 Å². The van der Waals surface area contributed by atoms with Crippen LogP contribution in [-0.2, 0) is 33.9 Å². The van der Waals surface area contributed by atoms with Crippen LogP contribution in [0, 0.1) is 18.3 Å². The number of aromatic nitrogens is 2. The summed E-state index contributed by atoms with van der Waals surface area (Å²) in [6, 6.07) is 27.3. The average Bonchev–Trinajstić information content (AvgIpc) is 3.35. The zero-order chi connectivity index (χ0) is 40.0. The Labute approximate surface area is 327 Å². The molecule has 56 heavy (non-hydrogen) atoms. The average molecular weight is 789 g/mol. The van der Waals surface area contributed by atoms with Crippen LogP contribution in [0.1, 0.15) is 62.6 Å². The van der Waals surface area contributed by atoms with Gasteiger partial charge in [0.2, 0.25) is 0 Å². The number of H-pyrrole nitrogens is 1. The fraction of sp³-hybridized carbons (Fsp3) is 0.439. The summed E-state index contributed by atoms with van der Waals surface area (Å²) in [5, 5.41) is 9.39. The van der Waals surface area contributed by atoms with E-state index in [2.05, 4.69) is 15.7 Å². The van der Waals surface area contributed by atoms with Crippen LogP contribution < -0.4 is 20.7 Å². The number of hydrogen-bond acceptors (Lipinski definition) is 12. The smallest absolute Gasteiger partial charge is 0.330 e. The molecule has 14 nitrogen and oxygen atoms in total. The number of aryl methyl sites for hydroxylation is 1. The molecule has 1 aromatic heterocycles. The van der Waals surface area contributed by atoms with Crippen LogP contribution in [0.5, 0.6) is 11.5 Å². The molecule has 0 aliphatic carbocycles. The molecule has 0 radical (unpaired) electrons. The summed E-state index contributed by atoms with van der Waals surface area (Å²) in [5.74, 6) is 1.35. The highest BCUT2D eigenvalue weighted by Crippen LogP contribution is 2.55. The van der Waals surface area contributed by atoms with Crippen molar-refractivity contribution in [2.75, 3.05) is 34.0 Å². The number of nitrogens with zero attached hydrogens (tertiary/aromatic N) is 3. The van der Waals surface area contributed by atoms with Gasteiger partial charge in [0.25, 0.3) is 14.1 Å². The first-order chi connectivity index (χ1) is 27.0. The van der Waals surface area contributed by atoms with Gasteiger partial charge in [0.05, 0.1) is 39.9 Å². The van der Waals surface area contributed by atoms with E-state index in [0.717, 1.165) is 16.7 Å². The van der Waals surface area contributed by atoms with Gasteiger partial charge >= 0.3 is 5.69 Å². The fourth-order valence-electron chi connectivity index (χ4n) is 7.25. The van der Waals surface area contributed by atoms with Crippen molar-refractivity contribution >= 4 is 8.53 Å². The molecule has 6 rings (SSSR count). The maximum atomic E-state index is 13.4. The summed E-state index contributed by atoms with van der Waals surface area (Å²) in [6.45, 7) is 9.61. The molecule has 1 unspecified atom stereocenters. The Morgan fingerprint density at radius 3 is 2.09 bits per heavy atom. The molecule has 2 bridgehead atoms. The van der Waals surface area contributed by atoms with E-state index < -0.39 is 49.4 Å². The minimum absolute atomic E-state index is 0.00846. The predicted octanol–water partition coefficient (Wildman–Crippen LogP) is 6.13. The fourth-order valence-corrected chi connectivity index (χ4v) is 9.06. The number of hydrogen-bond donors (Lipinski definition) is 1. The van der Waals surface area contributed by atoms with E-state index in [1.54, 1.807) is 21.1 Å². The first-order valence-electron chi connectivity index (χ1n) is 18.5. The van der Waals surface area contributed by atoms with Gasteiger partial charge in [-0.15, -0.1) is 0 Å². The third-order valence-electron chi connectivity index (χ3n) is 9.93. The van der Waals surface area contributed by atoms with E-state index in [9.17, 15) is 14.9 Å². The molecule has 2 saturated heterocycles. The van der Waals surface area contributed by atoms with Crippen LogP contribution in [0.4, 0.5) is 0 Å². The van der Waals surface area contributed by atoms with Crippen molar-refractivity contribution in [2.45, 2.75) is 82.8 Å². The van der Waals surface area contributed by atoms with E-state index >= 15 is 0 Å². The van der Waals surface area contributed by atoms with Gasteiger partial charge in [-0.1, -0.05) is 54.6 Å². The number of nitrogens with one attached hydrogen (secondary N) is 1. The lowest BCUT2D eigenvalue weighted by molar-refractivity contribution is -0.373. The standard InChI is InChI=1S/C41H49N4O10P/c1-27(2)45(28(3)4)56(52-23-11-22-42)55-36-35-38(44-24-29(5)37(46)43-39(44)47)53-40(36,26-51-54-35)25-50-41(30-12-9-8-10-13-30,31-14-18-33(48-6)19-15-31)32-16-20-34(49-7)21-17-32/h8-10,12-21,24,27-28,35-36,38H,11,23,25-26H2,1-7H3,(H,43,46,47)/t35-,36+,38+,40+,56?/m1/s1. The minimum Gasteiger partial charge on any atom is -0.497 e. The van der Waals surface area contributed by atoms with Crippen molar-refractivity contribution in [3.05, 3.63) is 128 Å². The van der Waals surface area contributed by atoms with Crippen LogP contribution >= 0.6 is 8.53 Å². The number of rotatable bonds is 17. The number of methoxy groups -OCH3 is 2. The van der Waals surface area contributed by atoms with Gasteiger partial charge in [0.15, 0.2) is 12.3 Å². The zero-order valence-corrected chi connectivity index (χ0v) is 33.6. The minimum atomic E-state index is -1.83. The molecule has 3 heterocycles. The topological polar surface area (TPSA) is 156 Å². The molecule has 2 fully saturated rings. The molecular weight excluding hydrogens is 739 g/mol. The number of nitriles is 1. The van der Waals surface area contributed by atoms with Crippen molar-refractivity contribution < 1.29 is 37.8 Å². The highest BCUT2D eigenvalue weighted by Gasteiger charge is 2.64. The van der Waals surface area contributed by atoms with E-state index in [1.165, 1.54) is 10.8 Å². The second-order valence-corrected chi connectivity index (χ2v) is 15.6. The van der Waals surface area contributed by atoms with Crippen molar-refractivity contribution in [3.8, 4) is 17.6 Å². The Hall–Kier alpha value is -4.42. The van der Waals surface area contributed by atoms with Crippen molar-refractivity contribution in [1.82, 2.24) is 14.2 Å². The summed E-state index contributed by atoms with van der Waals surface area (Å²) in [5.41, 5.74) is -1.14. The molecule has 0 spiro atoms. The van der Waals surface area contributed by atoms with Gasteiger partial charge in [-0.25, -0.2) is 19.2 Å². The van der Waals surface area contributed by atoms with Gasteiger partial charge in [-0.05, 0) is 75.6 Å². The van der Waals surface area contributed by atoms with Crippen LogP contribution in [0.15, 0.2) is 94.6 Å². The van der Waals surface area contributed by atoms with Crippen molar-refractivity contribution in [2.24, 2.45) is 0 Å². The summed E-state index contributed by atoms with van der Waals surface area (Å²) in [7, 11) is 1.39. The van der Waals surface area contributed by atoms with Crippen LogP contribution in [0.2, 0.25) is 0 Å². The molecule has 298 valence electrons. The molecule has 5 atom stereocenters. The SMILES string of the molecule is COc1ccc(C(OC[C@@]23COO[C@@H]([C@@H](n4cc(C)c(=O)[nH]c4=O)O2)[C@@H]3OP(OCCC#N)N(C(C)C)C(C)C)(c2ccccc2)c2ccc(OC)cc2)cc1. The molecule has 4 aromatic rings. The van der Waals surface area contributed by atoms with Crippen LogP contribution in [0.25, 0.3) is 0 Å². The van der Waals surface area contributed by atoms with Gasteiger partial charge in [0, 0.05) is 23.8 Å². The molecule has 2 aliphatic rings. The van der Waals surface area contributed by atoms with Gasteiger partial charge in [-0.2, -0.15) is 5.26 Å². The van der Waals surface area contributed by atoms with Gasteiger partial charge in [-0.3, -0.25) is 14.3 Å².